The molecule has 2 amide bonds. The highest BCUT2D eigenvalue weighted by atomic mass is 35.5. The highest BCUT2D eigenvalue weighted by Crippen LogP contribution is 2.50. The average Bonchev–Trinajstić information content (AvgIpc) is 3.49. The molecule has 4 aromatic carbocycles. The standard InChI is InChI=1S/C34H25ClN2O4/c35-24-15-9-16-25(20-24)36-32(38)28-27-19-18-21-10-7-8-17-26(21)37(27)30(29(28)33(36)39)34(40)41-31(22-11-3-1-4-12-22)23-13-5-2-6-14-23/h1-20,27-31H/t27-,28+,29-,30+/m1/s1. The Labute approximate surface area is 242 Å². The molecule has 4 aromatic rings. The molecule has 3 aliphatic heterocycles. The Balaban J connectivity index is 1.32. The van der Waals surface area contributed by atoms with Crippen LogP contribution in [0.5, 0.6) is 0 Å². The minimum absolute atomic E-state index is 0.348. The number of anilines is 2. The van der Waals surface area contributed by atoms with E-state index in [0.717, 1.165) is 22.4 Å². The molecule has 0 unspecified atom stereocenters. The second-order valence-electron chi connectivity index (χ2n) is 10.4. The Morgan fingerprint density at radius 2 is 1.39 bits per heavy atom. The van der Waals surface area contributed by atoms with Crippen molar-refractivity contribution >= 4 is 46.8 Å². The lowest BCUT2D eigenvalue weighted by molar-refractivity contribution is -0.151. The zero-order valence-corrected chi connectivity index (χ0v) is 22.6. The SMILES string of the molecule is O=C(OC(c1ccccc1)c1ccccc1)[C@@H]1[C@@H]2C(=O)N(c3cccc(Cl)c3)C(=O)[C@H]2[C@H]2C=Cc3ccccc3N21. The number of carbonyl (C=O) groups excluding carboxylic acids is 3. The summed E-state index contributed by atoms with van der Waals surface area (Å²) in [5, 5.41) is 0.415. The average molecular weight is 561 g/mol. The fraction of sp³-hybridized carbons (Fsp3) is 0.147. The van der Waals surface area contributed by atoms with Crippen molar-refractivity contribution in [2.24, 2.45) is 11.8 Å². The summed E-state index contributed by atoms with van der Waals surface area (Å²) in [6, 6.07) is 31.9. The van der Waals surface area contributed by atoms with Crippen molar-refractivity contribution in [3.8, 4) is 0 Å². The summed E-state index contributed by atoms with van der Waals surface area (Å²) >= 11 is 6.22. The largest absolute Gasteiger partial charge is 0.451 e. The van der Waals surface area contributed by atoms with Gasteiger partial charge in [-0.15, -0.1) is 0 Å². The van der Waals surface area contributed by atoms with Gasteiger partial charge in [0.2, 0.25) is 11.8 Å². The number of ether oxygens (including phenoxy) is 1. The van der Waals surface area contributed by atoms with Crippen molar-refractivity contribution in [1.29, 1.82) is 0 Å². The summed E-state index contributed by atoms with van der Waals surface area (Å²) in [4.78, 5) is 45.5. The van der Waals surface area contributed by atoms with E-state index in [2.05, 4.69) is 0 Å². The lowest BCUT2D eigenvalue weighted by Crippen LogP contribution is -2.49. The van der Waals surface area contributed by atoms with Gasteiger partial charge in [-0.2, -0.15) is 0 Å². The van der Waals surface area contributed by atoms with Crippen LogP contribution in [0.4, 0.5) is 11.4 Å². The molecule has 0 saturated carbocycles. The van der Waals surface area contributed by atoms with Gasteiger partial charge in [0.05, 0.1) is 23.6 Å². The number of imide groups is 1. The number of amides is 2. The van der Waals surface area contributed by atoms with Gasteiger partial charge < -0.3 is 9.64 Å². The molecule has 0 aliphatic carbocycles. The Kier molecular flexibility index (Phi) is 6.20. The van der Waals surface area contributed by atoms with Gasteiger partial charge in [-0.25, -0.2) is 9.69 Å². The first kappa shape index (κ1) is 25.3. The summed E-state index contributed by atoms with van der Waals surface area (Å²) in [6.45, 7) is 0. The van der Waals surface area contributed by atoms with Crippen LogP contribution in [0.15, 0.2) is 115 Å². The highest BCUT2D eigenvalue weighted by Gasteiger charge is 2.65. The number of fused-ring (bicyclic) bond motifs is 5. The van der Waals surface area contributed by atoms with Gasteiger partial charge in [-0.3, -0.25) is 9.59 Å². The Morgan fingerprint density at radius 3 is 2.07 bits per heavy atom. The summed E-state index contributed by atoms with van der Waals surface area (Å²) in [5.74, 6) is -3.02. The van der Waals surface area contributed by atoms with Gasteiger partial charge in [0, 0.05) is 10.7 Å². The van der Waals surface area contributed by atoms with Gasteiger partial charge >= 0.3 is 5.97 Å². The number of esters is 1. The van der Waals surface area contributed by atoms with Crippen LogP contribution in [-0.2, 0) is 19.1 Å². The minimum atomic E-state index is -1.01. The van der Waals surface area contributed by atoms with Crippen LogP contribution in [0.1, 0.15) is 22.8 Å². The van der Waals surface area contributed by atoms with Crippen molar-refractivity contribution < 1.29 is 19.1 Å². The van der Waals surface area contributed by atoms with E-state index in [9.17, 15) is 14.4 Å². The molecule has 6 nitrogen and oxygen atoms in total. The van der Waals surface area contributed by atoms with Crippen molar-refractivity contribution in [3.63, 3.8) is 0 Å². The fourth-order valence-electron chi connectivity index (χ4n) is 6.42. The Hall–Kier alpha value is -4.68. The topological polar surface area (TPSA) is 66.9 Å². The highest BCUT2D eigenvalue weighted by molar-refractivity contribution is 6.31. The van der Waals surface area contributed by atoms with Gasteiger partial charge in [0.25, 0.3) is 0 Å². The van der Waals surface area contributed by atoms with Crippen molar-refractivity contribution in [2.75, 3.05) is 9.80 Å². The third-order valence-corrected chi connectivity index (χ3v) is 8.40. The number of halogens is 1. The van der Waals surface area contributed by atoms with E-state index in [0.29, 0.717) is 10.7 Å². The Morgan fingerprint density at radius 1 is 0.756 bits per heavy atom. The maximum Gasteiger partial charge on any atom is 0.330 e. The van der Waals surface area contributed by atoms with Gasteiger partial charge in [-0.1, -0.05) is 109 Å². The molecular weight excluding hydrogens is 536 g/mol. The summed E-state index contributed by atoms with van der Waals surface area (Å²) < 4.78 is 6.31. The summed E-state index contributed by atoms with van der Waals surface area (Å²) in [5.41, 5.74) is 3.73. The van der Waals surface area contributed by atoms with Gasteiger partial charge in [-0.05, 0) is 41.0 Å². The minimum Gasteiger partial charge on any atom is -0.451 e. The number of hydrogen-bond acceptors (Lipinski definition) is 5. The maximum absolute atomic E-state index is 14.4. The first-order valence-corrected chi connectivity index (χ1v) is 13.9. The first-order valence-electron chi connectivity index (χ1n) is 13.5. The van der Waals surface area contributed by atoms with Crippen LogP contribution in [0.25, 0.3) is 6.08 Å². The molecule has 2 saturated heterocycles. The maximum atomic E-state index is 14.4. The van der Waals surface area contributed by atoms with Crippen LogP contribution >= 0.6 is 11.6 Å². The quantitative estimate of drug-likeness (QED) is 0.219. The van der Waals surface area contributed by atoms with E-state index in [4.69, 9.17) is 16.3 Å². The van der Waals surface area contributed by atoms with Crippen LogP contribution in [-0.4, -0.2) is 29.9 Å². The van der Waals surface area contributed by atoms with Crippen LogP contribution < -0.4 is 9.80 Å². The molecule has 202 valence electrons. The van der Waals surface area contributed by atoms with E-state index in [1.807, 2.05) is 102 Å². The molecule has 7 rings (SSSR count). The van der Waals surface area contributed by atoms with Crippen LogP contribution in [0, 0.1) is 11.8 Å². The normalized spacial score (nSPS) is 22.5. The molecule has 0 radical (unpaired) electrons. The van der Waals surface area contributed by atoms with Gasteiger partial charge in [0.15, 0.2) is 6.10 Å². The van der Waals surface area contributed by atoms with Crippen molar-refractivity contribution in [3.05, 3.63) is 137 Å². The predicted molar refractivity (Wildman–Crippen MR) is 157 cm³/mol. The molecule has 2 fully saturated rings. The van der Waals surface area contributed by atoms with Crippen molar-refractivity contribution in [1.82, 2.24) is 0 Å². The molecule has 3 heterocycles. The predicted octanol–water partition coefficient (Wildman–Crippen LogP) is 6.06. The number of benzene rings is 4. The summed E-state index contributed by atoms with van der Waals surface area (Å²) in [6.07, 6.45) is 3.19. The molecule has 7 heteroatoms. The molecular formula is C34H25ClN2O4. The second kappa shape index (κ2) is 10.1. The third kappa shape index (κ3) is 4.14. The molecule has 0 aromatic heterocycles. The van der Waals surface area contributed by atoms with E-state index in [1.165, 1.54) is 4.90 Å². The molecule has 0 N–H and O–H groups in total. The fourth-order valence-corrected chi connectivity index (χ4v) is 6.61. The number of rotatable bonds is 5. The second-order valence-corrected chi connectivity index (χ2v) is 10.9. The van der Waals surface area contributed by atoms with Gasteiger partial charge in [0.1, 0.15) is 6.04 Å². The van der Waals surface area contributed by atoms with E-state index in [-0.39, 0.29) is 5.91 Å². The van der Waals surface area contributed by atoms with E-state index < -0.39 is 41.9 Å². The zero-order valence-electron chi connectivity index (χ0n) is 21.8. The molecule has 0 spiro atoms. The lowest BCUT2D eigenvalue weighted by Gasteiger charge is -2.36. The lowest BCUT2D eigenvalue weighted by atomic mass is 9.88. The third-order valence-electron chi connectivity index (χ3n) is 8.16. The molecule has 4 atom stereocenters. The zero-order chi connectivity index (χ0) is 28.1. The Bertz CT molecular complexity index is 1650. The number of nitrogens with zero attached hydrogens (tertiary/aromatic N) is 2. The van der Waals surface area contributed by atoms with E-state index in [1.54, 1.807) is 24.3 Å². The number of hydrogen-bond donors (Lipinski definition) is 0. The summed E-state index contributed by atoms with van der Waals surface area (Å²) in [7, 11) is 0. The molecule has 41 heavy (non-hydrogen) atoms. The number of carbonyl (C=O) groups is 3. The number of para-hydroxylation sites is 1. The monoisotopic (exact) mass is 560 g/mol. The van der Waals surface area contributed by atoms with Crippen LogP contribution in [0.2, 0.25) is 5.02 Å². The van der Waals surface area contributed by atoms with E-state index >= 15 is 0 Å². The molecule has 0 bridgehead atoms. The van der Waals surface area contributed by atoms with Crippen molar-refractivity contribution in [2.45, 2.75) is 18.2 Å². The molecule has 3 aliphatic rings. The van der Waals surface area contributed by atoms with Crippen LogP contribution in [0.3, 0.4) is 0 Å². The smallest absolute Gasteiger partial charge is 0.330 e. The first-order chi connectivity index (χ1) is 20.0.